The van der Waals surface area contributed by atoms with E-state index in [1.54, 1.807) is 24.4 Å². The summed E-state index contributed by atoms with van der Waals surface area (Å²) in [6.07, 6.45) is 7.47. The normalized spacial score (nSPS) is 13.9. The molecule has 0 aliphatic rings. The monoisotopic (exact) mass is 1050 g/mol. The second-order valence-corrected chi connectivity index (χ2v) is 19.0. The first-order chi connectivity index (χ1) is 34.0. The van der Waals surface area contributed by atoms with Gasteiger partial charge in [-0.25, -0.2) is 0 Å². The largest absolute Gasteiger partial charge is 3.00 e. The van der Waals surface area contributed by atoms with Gasteiger partial charge in [-0.15, -0.1) is 90.0 Å². The third-order valence-corrected chi connectivity index (χ3v) is 12.6. The van der Waals surface area contributed by atoms with E-state index in [1.807, 2.05) is 80.8 Å². The molecule has 0 saturated heterocycles. The number of rotatable bonds is 12. The minimum absolute atomic E-state index is 0. The average Bonchev–Trinajstić information content (AvgIpc) is 3.70. The van der Waals surface area contributed by atoms with E-state index in [0.29, 0.717) is 41.2 Å². The van der Waals surface area contributed by atoms with Crippen LogP contribution in [0, 0.1) is 43.2 Å². The molecule has 0 atom stereocenters. The Morgan fingerprint density at radius 1 is 0.606 bits per heavy atom. The quantitative estimate of drug-likeness (QED) is 0.114. The number of benzene rings is 5. The van der Waals surface area contributed by atoms with Crippen molar-refractivity contribution in [1.29, 1.82) is 5.26 Å². The molecule has 66 heavy (non-hydrogen) atoms. The molecule has 0 aliphatic carbocycles. The van der Waals surface area contributed by atoms with Crippen LogP contribution >= 0.6 is 0 Å². The number of pyridine rings is 3. The van der Waals surface area contributed by atoms with Crippen molar-refractivity contribution < 1.29 is 34.1 Å². The first kappa shape index (κ1) is 37.7. The molecule has 4 aromatic heterocycles. The molecule has 0 unspecified atom stereocenters. The molecular formula is C60H53IrN4O. The third kappa shape index (κ3) is 9.29. The van der Waals surface area contributed by atoms with Crippen molar-refractivity contribution in [2.45, 2.75) is 90.8 Å². The number of fused-ring (bicyclic) bond motifs is 3. The molecule has 0 bridgehead atoms. The number of hydrogen-bond acceptors (Lipinski definition) is 5. The van der Waals surface area contributed by atoms with Crippen LogP contribution in [0.1, 0.15) is 101 Å². The first-order valence-electron chi connectivity index (χ1n) is 25.3. The maximum atomic E-state index is 9.86. The third-order valence-electron chi connectivity index (χ3n) is 12.6. The molecule has 5 aromatic carbocycles. The molecule has 0 radical (unpaired) electrons. The van der Waals surface area contributed by atoms with E-state index in [4.69, 9.17) is 29.0 Å². The fourth-order valence-corrected chi connectivity index (χ4v) is 9.14. The van der Waals surface area contributed by atoms with Crippen LogP contribution < -0.4 is 0 Å². The predicted molar refractivity (Wildman–Crippen MR) is 264 cm³/mol. The summed E-state index contributed by atoms with van der Waals surface area (Å²) in [7, 11) is 0. The topological polar surface area (TPSA) is 75.6 Å². The Bertz CT molecular complexity index is 3390. The summed E-state index contributed by atoms with van der Waals surface area (Å²) in [6, 6.07) is 48.5. The van der Waals surface area contributed by atoms with Crippen molar-refractivity contribution in [3.05, 3.63) is 208 Å². The van der Waals surface area contributed by atoms with Gasteiger partial charge in [0.1, 0.15) is 5.58 Å². The Balaban J connectivity index is 0.00000711. The van der Waals surface area contributed by atoms with Gasteiger partial charge in [-0.3, -0.25) is 0 Å². The van der Waals surface area contributed by atoms with Crippen LogP contribution in [0.4, 0.5) is 0 Å². The summed E-state index contributed by atoms with van der Waals surface area (Å²) in [5, 5.41) is 10.7. The fraction of sp³-hybridized carbons (Fsp3) is 0.233. The first-order valence-corrected chi connectivity index (χ1v) is 21.8. The zero-order valence-corrected chi connectivity index (χ0v) is 40.2. The SMILES string of the molecule is [2H]c1cc2c(oc3c(-c4cc(C([2H])([2H])[2H])c(C(C)(C)Cc5cc(CC(C)(C)c6ccc(-c7[c-]cccc7)nc6)cc(CC(C)(C)c6ccc(-c7[c-]cccc7)nc6)c5)cn4)[c-]ccc32)c(C([2H])([2H])[2H])c1C#N.[Ir+3]. The van der Waals surface area contributed by atoms with Gasteiger partial charge in [0, 0.05) is 37.8 Å². The van der Waals surface area contributed by atoms with Crippen LogP contribution in [0.2, 0.25) is 0 Å². The standard InChI is InChI=1S/C60H53N4O.Ir/c1-39-28-55(51-21-15-20-49-50-25-22-46(35-61)40(2)56(50)65-57(49)51)64-38-52(39)60(7,8)34-43-30-41(32-58(3,4)47-23-26-53(62-36-47)44-16-11-9-12-17-44)29-42(31-43)33-59(5,6)48-24-27-54(63-37-48)45-18-13-10-14-19-45;/h9-16,18,20,22-31,36-38H,32-34H2,1-8H3;/q-3;+3/i1D3,2D3,22D;. The smallest absolute Gasteiger partial charge is 0.500 e. The molecule has 0 fully saturated rings. The van der Waals surface area contributed by atoms with Crippen molar-refractivity contribution in [1.82, 2.24) is 15.0 Å². The van der Waals surface area contributed by atoms with Crippen molar-refractivity contribution in [3.8, 4) is 39.8 Å². The number of nitriles is 1. The van der Waals surface area contributed by atoms with Gasteiger partial charge in [0.05, 0.1) is 18.6 Å². The van der Waals surface area contributed by atoms with Gasteiger partial charge in [-0.1, -0.05) is 113 Å². The van der Waals surface area contributed by atoms with Crippen LogP contribution in [0.3, 0.4) is 0 Å². The van der Waals surface area contributed by atoms with Gasteiger partial charge in [0.25, 0.3) is 0 Å². The zero-order chi connectivity index (χ0) is 51.4. The summed E-state index contributed by atoms with van der Waals surface area (Å²) >= 11 is 0. The molecule has 0 saturated carbocycles. The maximum absolute atomic E-state index is 9.86. The molecule has 0 spiro atoms. The van der Waals surface area contributed by atoms with Crippen molar-refractivity contribution in [2.24, 2.45) is 0 Å². The van der Waals surface area contributed by atoms with Crippen LogP contribution in [0.5, 0.6) is 0 Å². The minimum Gasteiger partial charge on any atom is -0.500 e. The van der Waals surface area contributed by atoms with Crippen molar-refractivity contribution in [3.63, 3.8) is 0 Å². The van der Waals surface area contributed by atoms with Gasteiger partial charge < -0.3 is 19.4 Å². The molecule has 5 nitrogen and oxygen atoms in total. The van der Waals surface area contributed by atoms with Gasteiger partial charge >= 0.3 is 20.1 Å². The van der Waals surface area contributed by atoms with Gasteiger partial charge in [0.2, 0.25) is 0 Å². The Hall–Kier alpha value is -6.51. The molecule has 0 amide bonds. The number of aromatic nitrogens is 3. The van der Waals surface area contributed by atoms with Crippen molar-refractivity contribution in [2.75, 3.05) is 0 Å². The number of aryl methyl sites for hydroxylation is 2. The minimum atomic E-state index is -2.75. The molecule has 328 valence electrons. The number of hydrogen-bond donors (Lipinski definition) is 0. The average molecular weight is 1050 g/mol. The Kier molecular flexibility index (Phi) is 10.5. The molecular weight excluding hydrogens is 985 g/mol. The Morgan fingerprint density at radius 3 is 1.67 bits per heavy atom. The van der Waals surface area contributed by atoms with Gasteiger partial charge in [0.15, 0.2) is 0 Å². The van der Waals surface area contributed by atoms with E-state index in [0.717, 1.165) is 50.3 Å². The molecule has 6 heteroatoms. The number of furan rings is 1. The van der Waals surface area contributed by atoms with Crippen molar-refractivity contribution >= 4 is 21.9 Å². The molecule has 0 aliphatic heterocycles. The van der Waals surface area contributed by atoms with Gasteiger partial charge in [-0.2, -0.15) is 5.26 Å². The molecule has 9 rings (SSSR count). The summed E-state index contributed by atoms with van der Waals surface area (Å²) in [6.45, 7) is 7.73. The van der Waals surface area contributed by atoms with E-state index in [2.05, 4.69) is 88.4 Å². The summed E-state index contributed by atoms with van der Waals surface area (Å²) in [4.78, 5) is 14.6. The summed E-state index contributed by atoms with van der Waals surface area (Å²) < 4.78 is 66.0. The molecule has 4 heterocycles. The number of nitrogens with zero attached hydrogens (tertiary/aromatic N) is 4. The predicted octanol–water partition coefficient (Wildman–Crippen LogP) is 14.2. The van der Waals surface area contributed by atoms with Crippen LogP contribution in [-0.4, -0.2) is 15.0 Å². The van der Waals surface area contributed by atoms with Crippen LogP contribution in [0.25, 0.3) is 55.7 Å². The van der Waals surface area contributed by atoms with E-state index >= 15 is 0 Å². The molecule has 9 aromatic rings. The molecule has 0 N–H and O–H groups in total. The Labute approximate surface area is 413 Å². The Morgan fingerprint density at radius 2 is 1.17 bits per heavy atom. The summed E-state index contributed by atoms with van der Waals surface area (Å²) in [5.74, 6) is 0. The maximum Gasteiger partial charge on any atom is 3.00 e. The van der Waals surface area contributed by atoms with Crippen LogP contribution in [0.15, 0.2) is 144 Å². The van der Waals surface area contributed by atoms with E-state index < -0.39 is 19.1 Å². The van der Waals surface area contributed by atoms with Gasteiger partial charge in [-0.05, 0) is 106 Å². The van der Waals surface area contributed by atoms with E-state index in [1.165, 1.54) is 6.07 Å². The second-order valence-electron chi connectivity index (χ2n) is 19.0. The van der Waals surface area contributed by atoms with E-state index in [-0.39, 0.29) is 70.5 Å². The van der Waals surface area contributed by atoms with E-state index in [9.17, 15) is 5.26 Å². The second kappa shape index (κ2) is 18.4. The van der Waals surface area contributed by atoms with Crippen LogP contribution in [-0.2, 0) is 55.6 Å². The zero-order valence-electron chi connectivity index (χ0n) is 44.9. The fourth-order valence-electron chi connectivity index (χ4n) is 9.14. The summed E-state index contributed by atoms with van der Waals surface area (Å²) in [5.41, 5.74) is 8.64.